The molecule has 4 nitrogen and oxygen atoms in total. The molecule has 1 aromatic carbocycles. The largest absolute Gasteiger partial charge is 0.350 e. The van der Waals surface area contributed by atoms with Crippen molar-refractivity contribution in [3.05, 3.63) is 29.0 Å². The Hall–Kier alpha value is -1.55. The number of benzene rings is 1. The van der Waals surface area contributed by atoms with Crippen molar-refractivity contribution >= 4 is 28.5 Å². The highest BCUT2D eigenvalue weighted by atomic mass is 35.5. The Morgan fingerprint density at radius 3 is 2.94 bits per heavy atom. The second-order valence-electron chi connectivity index (χ2n) is 4.43. The number of carbonyl (C=O) groups is 1. The van der Waals surface area contributed by atoms with Gasteiger partial charge in [-0.15, -0.1) is 0 Å². The van der Waals surface area contributed by atoms with Crippen LogP contribution in [0.5, 0.6) is 0 Å². The van der Waals surface area contributed by atoms with Gasteiger partial charge in [-0.1, -0.05) is 6.92 Å². The number of halogens is 1. The van der Waals surface area contributed by atoms with Crippen molar-refractivity contribution in [3.8, 4) is 0 Å². The highest BCUT2D eigenvalue weighted by Gasteiger charge is 2.11. The van der Waals surface area contributed by atoms with Crippen LogP contribution in [-0.2, 0) is 7.05 Å². The number of aromatic nitrogens is 2. The molecule has 1 aromatic heterocycles. The second-order valence-corrected chi connectivity index (χ2v) is 4.76. The van der Waals surface area contributed by atoms with Crippen molar-refractivity contribution in [3.63, 3.8) is 0 Å². The van der Waals surface area contributed by atoms with Gasteiger partial charge in [0.25, 0.3) is 5.91 Å². The zero-order valence-corrected chi connectivity index (χ0v) is 11.5. The lowest BCUT2D eigenvalue weighted by molar-refractivity contribution is 0.0939. The third kappa shape index (κ3) is 2.34. The third-order valence-corrected chi connectivity index (χ3v) is 3.42. The number of hydrogen-bond acceptors (Lipinski definition) is 2. The van der Waals surface area contributed by atoms with Crippen LogP contribution in [0.15, 0.2) is 18.2 Å². The summed E-state index contributed by atoms with van der Waals surface area (Å²) in [7, 11) is 1.84. The Morgan fingerprint density at radius 2 is 2.28 bits per heavy atom. The minimum atomic E-state index is -0.0759. The number of amides is 1. The predicted molar refractivity (Wildman–Crippen MR) is 72.9 cm³/mol. The zero-order chi connectivity index (χ0) is 13.3. The Bertz CT molecular complexity index is 591. The number of nitrogens with one attached hydrogen (secondary N) is 1. The predicted octanol–water partition coefficient (Wildman–Crippen LogP) is 2.76. The van der Waals surface area contributed by atoms with E-state index in [9.17, 15) is 4.79 Å². The molecule has 0 fully saturated rings. The molecule has 2 aromatic rings. The molecule has 0 aliphatic carbocycles. The molecule has 0 aliphatic heterocycles. The Labute approximate surface area is 111 Å². The summed E-state index contributed by atoms with van der Waals surface area (Å²) in [6.07, 6.45) is 0.906. The van der Waals surface area contributed by atoms with E-state index < -0.39 is 0 Å². The summed E-state index contributed by atoms with van der Waals surface area (Å²) in [5, 5.41) is 3.35. The van der Waals surface area contributed by atoms with Gasteiger partial charge in [0.2, 0.25) is 5.28 Å². The first-order chi connectivity index (χ1) is 8.52. The van der Waals surface area contributed by atoms with Crippen LogP contribution in [0.25, 0.3) is 11.0 Å². The van der Waals surface area contributed by atoms with Gasteiger partial charge in [-0.25, -0.2) is 4.98 Å². The van der Waals surface area contributed by atoms with Gasteiger partial charge in [0.1, 0.15) is 0 Å². The van der Waals surface area contributed by atoms with E-state index in [0.717, 1.165) is 17.5 Å². The van der Waals surface area contributed by atoms with Gasteiger partial charge in [-0.05, 0) is 43.1 Å². The van der Waals surface area contributed by atoms with Gasteiger partial charge >= 0.3 is 0 Å². The maximum atomic E-state index is 12.0. The minimum Gasteiger partial charge on any atom is -0.350 e. The van der Waals surface area contributed by atoms with E-state index in [0.29, 0.717) is 10.8 Å². The molecule has 1 amide bonds. The van der Waals surface area contributed by atoms with Crippen LogP contribution in [0.4, 0.5) is 0 Å². The van der Waals surface area contributed by atoms with Crippen LogP contribution in [0, 0.1) is 0 Å². The molecule has 96 valence electrons. The van der Waals surface area contributed by atoms with E-state index in [1.807, 2.05) is 27.0 Å². The van der Waals surface area contributed by atoms with E-state index in [1.165, 1.54) is 0 Å². The number of fused-ring (bicyclic) bond motifs is 1. The van der Waals surface area contributed by atoms with Gasteiger partial charge in [-0.2, -0.15) is 0 Å². The maximum absolute atomic E-state index is 12.0. The quantitative estimate of drug-likeness (QED) is 0.928. The first-order valence-electron chi connectivity index (χ1n) is 5.95. The summed E-state index contributed by atoms with van der Waals surface area (Å²) in [5.74, 6) is -0.0759. The number of nitrogens with zero attached hydrogens (tertiary/aromatic N) is 2. The summed E-state index contributed by atoms with van der Waals surface area (Å²) in [6, 6.07) is 5.58. The van der Waals surface area contributed by atoms with Gasteiger partial charge in [-0.3, -0.25) is 4.79 Å². The first kappa shape index (κ1) is 12.9. The molecule has 5 heteroatoms. The van der Waals surface area contributed by atoms with Crippen LogP contribution in [0.3, 0.4) is 0 Å². The topological polar surface area (TPSA) is 46.9 Å². The molecule has 0 saturated heterocycles. The number of carbonyl (C=O) groups excluding carboxylic acids is 1. The monoisotopic (exact) mass is 265 g/mol. The van der Waals surface area contributed by atoms with E-state index in [-0.39, 0.29) is 11.9 Å². The summed E-state index contributed by atoms with van der Waals surface area (Å²) >= 11 is 5.94. The van der Waals surface area contributed by atoms with E-state index in [1.54, 1.807) is 16.7 Å². The molecule has 0 saturated carbocycles. The summed E-state index contributed by atoms with van der Waals surface area (Å²) < 4.78 is 1.78. The van der Waals surface area contributed by atoms with Crippen molar-refractivity contribution < 1.29 is 4.79 Å². The molecule has 0 bridgehead atoms. The molecular formula is C13H16ClN3O. The SMILES string of the molecule is CC[C@@H](C)NC(=O)c1ccc2c(c1)nc(Cl)n2C. The fraction of sp³-hybridized carbons (Fsp3) is 0.385. The standard InChI is InChI=1S/C13H16ClN3O/c1-4-8(2)15-12(18)9-5-6-11-10(7-9)16-13(14)17(11)3/h5-8H,4H2,1-3H3,(H,15,18)/t8-/m1/s1. The van der Waals surface area contributed by atoms with Crippen molar-refractivity contribution in [2.45, 2.75) is 26.3 Å². The molecule has 0 spiro atoms. The lowest BCUT2D eigenvalue weighted by Crippen LogP contribution is -2.31. The highest BCUT2D eigenvalue weighted by Crippen LogP contribution is 2.19. The van der Waals surface area contributed by atoms with Crippen molar-refractivity contribution in [2.24, 2.45) is 7.05 Å². The van der Waals surface area contributed by atoms with Gasteiger partial charge in [0.15, 0.2) is 0 Å². The first-order valence-corrected chi connectivity index (χ1v) is 6.33. The van der Waals surface area contributed by atoms with Crippen molar-refractivity contribution in [1.82, 2.24) is 14.9 Å². The minimum absolute atomic E-state index is 0.0759. The third-order valence-electron chi connectivity index (χ3n) is 3.08. The fourth-order valence-electron chi connectivity index (χ4n) is 1.72. The molecule has 1 heterocycles. The highest BCUT2D eigenvalue weighted by molar-refractivity contribution is 6.29. The summed E-state index contributed by atoms with van der Waals surface area (Å²) in [6.45, 7) is 4.01. The normalized spacial score (nSPS) is 12.7. The van der Waals surface area contributed by atoms with Crippen LogP contribution in [-0.4, -0.2) is 21.5 Å². The Balaban J connectivity index is 2.33. The van der Waals surface area contributed by atoms with Gasteiger partial charge < -0.3 is 9.88 Å². The average molecular weight is 266 g/mol. The second kappa shape index (κ2) is 4.98. The van der Waals surface area contributed by atoms with Gasteiger partial charge in [0.05, 0.1) is 11.0 Å². The average Bonchev–Trinajstić information content (AvgIpc) is 2.64. The zero-order valence-electron chi connectivity index (χ0n) is 10.7. The number of rotatable bonds is 3. The maximum Gasteiger partial charge on any atom is 0.251 e. The number of hydrogen-bond donors (Lipinski definition) is 1. The number of imidazole rings is 1. The van der Waals surface area contributed by atoms with E-state index in [2.05, 4.69) is 10.3 Å². The number of aryl methyl sites for hydroxylation is 1. The molecule has 1 atom stereocenters. The molecule has 2 rings (SSSR count). The molecule has 1 N–H and O–H groups in total. The Kier molecular flexibility index (Phi) is 3.57. The fourth-order valence-corrected chi connectivity index (χ4v) is 1.90. The van der Waals surface area contributed by atoms with Gasteiger partial charge in [0, 0.05) is 18.7 Å². The van der Waals surface area contributed by atoms with Crippen LogP contribution in [0.2, 0.25) is 5.28 Å². The summed E-state index contributed by atoms with van der Waals surface area (Å²) in [5.41, 5.74) is 2.26. The molecular weight excluding hydrogens is 250 g/mol. The molecule has 0 radical (unpaired) electrons. The van der Waals surface area contributed by atoms with E-state index in [4.69, 9.17) is 11.6 Å². The lowest BCUT2D eigenvalue weighted by Gasteiger charge is -2.11. The summed E-state index contributed by atoms with van der Waals surface area (Å²) in [4.78, 5) is 16.2. The molecule has 0 unspecified atom stereocenters. The Morgan fingerprint density at radius 1 is 1.56 bits per heavy atom. The van der Waals surface area contributed by atoms with Crippen LogP contribution < -0.4 is 5.32 Å². The smallest absolute Gasteiger partial charge is 0.251 e. The van der Waals surface area contributed by atoms with Crippen LogP contribution >= 0.6 is 11.6 Å². The molecule has 18 heavy (non-hydrogen) atoms. The molecule has 0 aliphatic rings. The van der Waals surface area contributed by atoms with Crippen LogP contribution in [0.1, 0.15) is 30.6 Å². The van der Waals surface area contributed by atoms with E-state index >= 15 is 0 Å². The lowest BCUT2D eigenvalue weighted by atomic mass is 10.1. The van der Waals surface area contributed by atoms with Crippen molar-refractivity contribution in [1.29, 1.82) is 0 Å². The van der Waals surface area contributed by atoms with Crippen molar-refractivity contribution in [2.75, 3.05) is 0 Å².